The Kier molecular flexibility index (Phi) is 5.00. The molecule has 9 heteroatoms. The number of hydrogen-bond acceptors (Lipinski definition) is 5. The fourth-order valence-corrected chi connectivity index (χ4v) is 7.21. The van der Waals surface area contributed by atoms with Crippen LogP contribution in [0.4, 0.5) is 5.69 Å². The van der Waals surface area contributed by atoms with Gasteiger partial charge in [0.1, 0.15) is 6.61 Å². The molecule has 2 fully saturated rings. The Bertz CT molecular complexity index is 766. The van der Waals surface area contributed by atoms with Crippen molar-refractivity contribution >= 4 is 61.0 Å². The van der Waals surface area contributed by atoms with Gasteiger partial charge in [0.2, 0.25) is 0 Å². The molecule has 6 nitrogen and oxygen atoms in total. The molecule has 0 bridgehead atoms. The Morgan fingerprint density at radius 3 is 2.96 bits per heavy atom. The summed E-state index contributed by atoms with van der Waals surface area (Å²) < 4.78 is 29.8. The van der Waals surface area contributed by atoms with E-state index < -0.39 is 9.84 Å². The minimum absolute atomic E-state index is 0.0855. The highest BCUT2D eigenvalue weighted by atomic mass is 127. The van der Waals surface area contributed by atoms with Crippen LogP contribution in [0.15, 0.2) is 29.3 Å². The largest absolute Gasteiger partial charge is 0.375 e. The standard InChI is InChI=1S/C14H15IN2O4S2/c1-21-6-13(18)16-14-17(10-4-2-3-9(15)5-10)11-7-23(19,20)8-12(11)22-14/h2-5,11-12H,6-8H2,1H3/t11-,12+/m1/s1. The van der Waals surface area contributed by atoms with Crippen molar-refractivity contribution in [2.45, 2.75) is 11.3 Å². The molecule has 0 spiro atoms. The lowest BCUT2D eigenvalue weighted by atomic mass is 10.2. The van der Waals surface area contributed by atoms with Crippen LogP contribution in [0.3, 0.4) is 0 Å². The number of nitrogens with zero attached hydrogens (tertiary/aromatic N) is 2. The van der Waals surface area contributed by atoms with Crippen LogP contribution in [0, 0.1) is 3.57 Å². The third-order valence-electron chi connectivity index (χ3n) is 3.64. The van der Waals surface area contributed by atoms with E-state index in [9.17, 15) is 13.2 Å². The Labute approximate surface area is 152 Å². The van der Waals surface area contributed by atoms with Crippen molar-refractivity contribution in [3.63, 3.8) is 0 Å². The predicted molar refractivity (Wildman–Crippen MR) is 99.8 cm³/mol. The molecule has 2 atom stereocenters. The average molecular weight is 466 g/mol. The number of sulfone groups is 1. The number of amidine groups is 1. The van der Waals surface area contributed by atoms with Crippen LogP contribution < -0.4 is 4.90 Å². The normalized spacial score (nSPS) is 27.4. The summed E-state index contributed by atoms with van der Waals surface area (Å²) in [6.45, 7) is -0.0855. The van der Waals surface area contributed by atoms with Gasteiger partial charge in [-0.15, -0.1) is 0 Å². The number of amides is 1. The maximum absolute atomic E-state index is 12.0. The molecule has 0 radical (unpaired) electrons. The molecule has 23 heavy (non-hydrogen) atoms. The first-order valence-corrected chi connectivity index (χ1v) is 10.7. The van der Waals surface area contributed by atoms with Crippen molar-refractivity contribution in [1.29, 1.82) is 0 Å². The Balaban J connectivity index is 1.99. The van der Waals surface area contributed by atoms with Crippen LogP contribution in [-0.4, -0.2) is 56.0 Å². The number of halogens is 1. The molecular weight excluding hydrogens is 451 g/mol. The average Bonchev–Trinajstić information content (AvgIpc) is 2.89. The number of rotatable bonds is 3. The number of methoxy groups -OCH3 is 1. The highest BCUT2D eigenvalue weighted by Gasteiger charge is 2.49. The maximum Gasteiger partial charge on any atom is 0.274 e. The molecule has 124 valence electrons. The Morgan fingerprint density at radius 1 is 1.48 bits per heavy atom. The summed E-state index contributed by atoms with van der Waals surface area (Å²) in [5.74, 6) is -0.151. The van der Waals surface area contributed by atoms with E-state index in [0.29, 0.717) is 5.17 Å². The molecule has 1 aromatic rings. The van der Waals surface area contributed by atoms with Gasteiger partial charge in [0.15, 0.2) is 15.0 Å². The maximum atomic E-state index is 12.0. The van der Waals surface area contributed by atoms with Crippen molar-refractivity contribution in [2.24, 2.45) is 4.99 Å². The number of ether oxygens (including phenoxy) is 1. The molecule has 0 aliphatic carbocycles. The lowest BCUT2D eigenvalue weighted by Crippen LogP contribution is -2.37. The fourth-order valence-electron chi connectivity index (χ4n) is 2.75. The minimum Gasteiger partial charge on any atom is -0.375 e. The van der Waals surface area contributed by atoms with E-state index in [1.807, 2.05) is 29.2 Å². The van der Waals surface area contributed by atoms with E-state index in [2.05, 4.69) is 27.6 Å². The van der Waals surface area contributed by atoms with Crippen LogP contribution in [0.25, 0.3) is 0 Å². The van der Waals surface area contributed by atoms with Gasteiger partial charge in [-0.3, -0.25) is 4.79 Å². The minimum atomic E-state index is -3.05. The highest BCUT2D eigenvalue weighted by molar-refractivity contribution is 14.1. The zero-order valence-corrected chi connectivity index (χ0v) is 16.1. The van der Waals surface area contributed by atoms with Gasteiger partial charge < -0.3 is 9.64 Å². The molecule has 3 rings (SSSR count). The number of carbonyl (C=O) groups excluding carboxylic acids is 1. The Morgan fingerprint density at radius 2 is 2.26 bits per heavy atom. The third kappa shape index (κ3) is 3.72. The van der Waals surface area contributed by atoms with Crippen LogP contribution in [0.1, 0.15) is 0 Å². The van der Waals surface area contributed by atoms with Crippen molar-refractivity contribution in [1.82, 2.24) is 0 Å². The topological polar surface area (TPSA) is 76.0 Å². The number of hydrogen-bond donors (Lipinski definition) is 0. The number of fused-ring (bicyclic) bond motifs is 1. The molecule has 1 amide bonds. The lowest BCUT2D eigenvalue weighted by Gasteiger charge is -2.24. The second-order valence-corrected chi connectivity index (χ2v) is 9.98. The zero-order valence-electron chi connectivity index (χ0n) is 12.3. The van der Waals surface area contributed by atoms with Crippen molar-refractivity contribution in [3.05, 3.63) is 27.8 Å². The summed E-state index contributed by atoms with van der Waals surface area (Å²) in [5, 5.41) is 0.464. The van der Waals surface area contributed by atoms with Crippen molar-refractivity contribution in [2.75, 3.05) is 30.1 Å². The van der Waals surface area contributed by atoms with E-state index in [0.717, 1.165) is 9.26 Å². The predicted octanol–water partition coefficient (Wildman–Crippen LogP) is 1.54. The fraction of sp³-hybridized carbons (Fsp3) is 0.429. The van der Waals surface area contributed by atoms with Gasteiger partial charge in [-0.25, -0.2) is 8.42 Å². The molecule has 2 heterocycles. The van der Waals surface area contributed by atoms with Crippen LogP contribution >= 0.6 is 34.4 Å². The van der Waals surface area contributed by atoms with Gasteiger partial charge in [-0.05, 0) is 40.8 Å². The second kappa shape index (κ2) is 6.69. The first-order valence-electron chi connectivity index (χ1n) is 6.92. The smallest absolute Gasteiger partial charge is 0.274 e. The molecule has 0 N–H and O–H groups in total. The Hall–Kier alpha value is -0.650. The number of aliphatic imine (C=N–C) groups is 1. The summed E-state index contributed by atoms with van der Waals surface area (Å²) in [6, 6.07) is 7.56. The first kappa shape index (κ1) is 17.2. The summed E-state index contributed by atoms with van der Waals surface area (Å²) in [6.07, 6.45) is 0. The van der Waals surface area contributed by atoms with Gasteiger partial charge in [0.05, 0.1) is 17.5 Å². The van der Waals surface area contributed by atoms with Gasteiger partial charge in [-0.2, -0.15) is 4.99 Å². The summed E-state index contributed by atoms with van der Waals surface area (Å²) in [4.78, 5) is 17.8. The summed E-state index contributed by atoms with van der Waals surface area (Å²) >= 11 is 3.57. The molecule has 2 aliphatic heterocycles. The van der Waals surface area contributed by atoms with Crippen molar-refractivity contribution < 1.29 is 17.9 Å². The summed E-state index contributed by atoms with van der Waals surface area (Å²) in [5.41, 5.74) is 0.859. The third-order valence-corrected chi connectivity index (χ3v) is 7.52. The number of thioether (sulfide) groups is 1. The van der Waals surface area contributed by atoms with E-state index in [1.165, 1.54) is 18.9 Å². The van der Waals surface area contributed by atoms with Gasteiger partial charge in [0.25, 0.3) is 5.91 Å². The molecule has 1 aromatic carbocycles. The summed E-state index contributed by atoms with van der Waals surface area (Å²) in [7, 11) is -1.60. The first-order chi connectivity index (χ1) is 10.9. The molecule has 0 saturated carbocycles. The van der Waals surface area contributed by atoms with Crippen molar-refractivity contribution in [3.8, 4) is 0 Å². The molecule has 2 aliphatic rings. The van der Waals surface area contributed by atoms with Crippen LogP contribution in [-0.2, 0) is 19.4 Å². The monoisotopic (exact) mass is 466 g/mol. The number of anilines is 1. The highest BCUT2D eigenvalue weighted by Crippen LogP contribution is 2.41. The SMILES string of the molecule is COCC(=O)N=C1S[C@H]2CS(=O)(=O)C[C@H]2N1c1cccc(I)c1. The zero-order chi connectivity index (χ0) is 16.6. The van der Waals surface area contributed by atoms with Crippen LogP contribution in [0.5, 0.6) is 0 Å². The van der Waals surface area contributed by atoms with E-state index >= 15 is 0 Å². The number of benzene rings is 1. The second-order valence-electron chi connectivity index (χ2n) is 5.37. The number of carbonyl (C=O) groups is 1. The molecule has 0 aromatic heterocycles. The van der Waals surface area contributed by atoms with E-state index in [4.69, 9.17) is 4.74 Å². The van der Waals surface area contributed by atoms with Gasteiger partial charge in [-0.1, -0.05) is 17.8 Å². The van der Waals surface area contributed by atoms with E-state index in [-0.39, 0.29) is 35.3 Å². The van der Waals surface area contributed by atoms with Crippen LogP contribution in [0.2, 0.25) is 0 Å². The lowest BCUT2D eigenvalue weighted by molar-refractivity contribution is -0.121. The molecule has 2 saturated heterocycles. The molecular formula is C14H15IN2O4S2. The van der Waals surface area contributed by atoms with Gasteiger partial charge in [0, 0.05) is 21.6 Å². The molecule has 0 unspecified atom stereocenters. The van der Waals surface area contributed by atoms with E-state index in [1.54, 1.807) is 0 Å². The quantitative estimate of drug-likeness (QED) is 0.630. The van der Waals surface area contributed by atoms with Gasteiger partial charge >= 0.3 is 0 Å².